The van der Waals surface area contributed by atoms with Crippen molar-refractivity contribution in [2.24, 2.45) is 0 Å². The van der Waals surface area contributed by atoms with Gasteiger partial charge in [0.05, 0.1) is 14.2 Å². The number of thiocarbonyl (C=S) groups is 1. The fourth-order valence-corrected chi connectivity index (χ4v) is 3.53. The fraction of sp³-hybridized carbons (Fsp3) is 0.160. The molecule has 0 saturated heterocycles. The van der Waals surface area contributed by atoms with Gasteiger partial charge in [0.1, 0.15) is 5.52 Å². The summed E-state index contributed by atoms with van der Waals surface area (Å²) in [5, 5.41) is 5.93. The predicted molar refractivity (Wildman–Crippen MR) is 132 cm³/mol. The van der Waals surface area contributed by atoms with Crippen LogP contribution < -0.4 is 20.1 Å². The minimum Gasteiger partial charge on any atom is -0.493 e. The lowest BCUT2D eigenvalue weighted by Crippen LogP contribution is -2.34. The molecule has 0 unspecified atom stereocenters. The van der Waals surface area contributed by atoms with E-state index in [1.54, 1.807) is 50.6 Å². The number of aromatic nitrogens is 1. The standard InChI is InChI=1S/C25H23N3O4S/c1-14-5-6-16(11-15(14)2)23(29)28-25(33)26-18-8-10-20-19(13-18)27-24(32-20)17-7-9-21(30-3)22(12-17)31-4/h5-13H,1-4H3,(H2,26,28,29,33). The zero-order valence-corrected chi connectivity index (χ0v) is 19.5. The van der Waals surface area contributed by atoms with Crippen LogP contribution in [-0.4, -0.2) is 30.2 Å². The second-order valence-electron chi connectivity index (χ2n) is 7.48. The monoisotopic (exact) mass is 461 g/mol. The van der Waals surface area contributed by atoms with Crippen molar-refractivity contribution < 1.29 is 18.7 Å². The van der Waals surface area contributed by atoms with E-state index in [1.807, 2.05) is 32.0 Å². The Morgan fingerprint density at radius 3 is 2.45 bits per heavy atom. The Kier molecular flexibility index (Phi) is 6.28. The van der Waals surface area contributed by atoms with Gasteiger partial charge < -0.3 is 19.2 Å². The van der Waals surface area contributed by atoms with Crippen LogP contribution in [-0.2, 0) is 0 Å². The lowest BCUT2D eigenvalue weighted by molar-refractivity contribution is 0.0977. The number of aryl methyl sites for hydroxylation is 2. The quantitative estimate of drug-likeness (QED) is 0.392. The second kappa shape index (κ2) is 9.30. The Morgan fingerprint density at radius 1 is 0.939 bits per heavy atom. The first kappa shape index (κ1) is 22.3. The van der Waals surface area contributed by atoms with Crippen molar-refractivity contribution in [3.63, 3.8) is 0 Å². The molecule has 4 rings (SSSR count). The molecule has 0 aliphatic heterocycles. The molecule has 1 aromatic heterocycles. The Bertz CT molecular complexity index is 1360. The van der Waals surface area contributed by atoms with Crippen molar-refractivity contribution in [3.05, 3.63) is 71.3 Å². The molecule has 0 fully saturated rings. The Balaban J connectivity index is 1.50. The highest BCUT2D eigenvalue weighted by Gasteiger charge is 2.13. The highest BCUT2D eigenvalue weighted by molar-refractivity contribution is 7.80. The number of amides is 1. The van der Waals surface area contributed by atoms with E-state index in [1.165, 1.54) is 0 Å². The zero-order chi connectivity index (χ0) is 23.5. The van der Waals surface area contributed by atoms with Gasteiger partial charge in [-0.3, -0.25) is 10.1 Å². The summed E-state index contributed by atoms with van der Waals surface area (Å²) in [6, 6.07) is 16.4. The van der Waals surface area contributed by atoms with E-state index in [0.29, 0.717) is 39.7 Å². The van der Waals surface area contributed by atoms with E-state index in [4.69, 9.17) is 26.1 Å². The first-order valence-electron chi connectivity index (χ1n) is 10.2. The van der Waals surface area contributed by atoms with Crippen molar-refractivity contribution in [1.82, 2.24) is 10.3 Å². The molecule has 0 bridgehead atoms. The molecular weight excluding hydrogens is 438 g/mol. The van der Waals surface area contributed by atoms with Crippen molar-refractivity contribution in [2.75, 3.05) is 19.5 Å². The Labute approximate surface area is 196 Å². The molecule has 1 amide bonds. The fourth-order valence-electron chi connectivity index (χ4n) is 3.32. The summed E-state index contributed by atoms with van der Waals surface area (Å²) >= 11 is 5.31. The van der Waals surface area contributed by atoms with Crippen LogP contribution in [0.25, 0.3) is 22.6 Å². The minimum atomic E-state index is -0.270. The number of fused-ring (bicyclic) bond motifs is 1. The number of nitrogens with zero attached hydrogens (tertiary/aromatic N) is 1. The number of hydrogen-bond acceptors (Lipinski definition) is 6. The molecular formula is C25H23N3O4S. The van der Waals surface area contributed by atoms with E-state index in [0.717, 1.165) is 16.7 Å². The molecule has 1 heterocycles. The van der Waals surface area contributed by atoms with Gasteiger partial charge in [0.25, 0.3) is 5.91 Å². The molecule has 33 heavy (non-hydrogen) atoms. The van der Waals surface area contributed by atoms with Crippen LogP contribution in [0.4, 0.5) is 5.69 Å². The van der Waals surface area contributed by atoms with Crippen LogP contribution in [0.1, 0.15) is 21.5 Å². The summed E-state index contributed by atoms with van der Waals surface area (Å²) in [7, 11) is 3.16. The van der Waals surface area contributed by atoms with Crippen LogP contribution in [0.3, 0.4) is 0 Å². The maximum absolute atomic E-state index is 12.5. The molecule has 0 spiro atoms. The van der Waals surface area contributed by atoms with Gasteiger partial charge in [-0.05, 0) is 85.7 Å². The van der Waals surface area contributed by atoms with Gasteiger partial charge in [-0.1, -0.05) is 6.07 Å². The molecule has 0 atom stereocenters. The number of benzene rings is 3. The summed E-state index contributed by atoms with van der Waals surface area (Å²) in [6.45, 7) is 3.96. The minimum absolute atomic E-state index is 0.196. The molecule has 7 nitrogen and oxygen atoms in total. The molecule has 168 valence electrons. The molecule has 2 N–H and O–H groups in total. The van der Waals surface area contributed by atoms with E-state index < -0.39 is 0 Å². The zero-order valence-electron chi connectivity index (χ0n) is 18.7. The molecule has 0 aliphatic carbocycles. The van der Waals surface area contributed by atoms with Gasteiger partial charge in [-0.15, -0.1) is 0 Å². The molecule has 3 aromatic carbocycles. The number of rotatable bonds is 5. The molecule has 4 aromatic rings. The predicted octanol–water partition coefficient (Wildman–Crippen LogP) is 5.26. The number of nitrogens with one attached hydrogen (secondary N) is 2. The number of carbonyl (C=O) groups is 1. The van der Waals surface area contributed by atoms with Crippen LogP contribution in [0, 0.1) is 13.8 Å². The first-order valence-corrected chi connectivity index (χ1v) is 10.6. The third-order valence-corrected chi connectivity index (χ3v) is 5.48. The smallest absolute Gasteiger partial charge is 0.257 e. The number of methoxy groups -OCH3 is 2. The van der Waals surface area contributed by atoms with Crippen LogP contribution in [0.5, 0.6) is 11.5 Å². The summed E-state index contributed by atoms with van der Waals surface area (Å²) in [6.07, 6.45) is 0. The summed E-state index contributed by atoms with van der Waals surface area (Å²) in [5.74, 6) is 1.40. The third-order valence-electron chi connectivity index (χ3n) is 5.27. The number of carbonyl (C=O) groups excluding carboxylic acids is 1. The van der Waals surface area contributed by atoms with Gasteiger partial charge in [0.2, 0.25) is 5.89 Å². The van der Waals surface area contributed by atoms with Crippen molar-refractivity contribution >= 4 is 40.0 Å². The third kappa shape index (κ3) is 4.80. The highest BCUT2D eigenvalue weighted by Crippen LogP contribution is 2.33. The van der Waals surface area contributed by atoms with Gasteiger partial charge >= 0.3 is 0 Å². The lowest BCUT2D eigenvalue weighted by atomic mass is 10.1. The normalized spacial score (nSPS) is 10.7. The molecule has 0 radical (unpaired) electrons. The van der Waals surface area contributed by atoms with E-state index in [-0.39, 0.29) is 11.0 Å². The van der Waals surface area contributed by atoms with Gasteiger partial charge in [0, 0.05) is 16.8 Å². The second-order valence-corrected chi connectivity index (χ2v) is 7.89. The Morgan fingerprint density at radius 2 is 1.73 bits per heavy atom. The molecule has 8 heteroatoms. The topological polar surface area (TPSA) is 85.6 Å². The van der Waals surface area contributed by atoms with Gasteiger partial charge in [-0.2, -0.15) is 0 Å². The van der Waals surface area contributed by atoms with E-state index in [9.17, 15) is 4.79 Å². The number of anilines is 1. The largest absolute Gasteiger partial charge is 0.493 e. The molecule has 0 aliphatic rings. The average Bonchev–Trinajstić information content (AvgIpc) is 3.23. The maximum Gasteiger partial charge on any atom is 0.257 e. The maximum atomic E-state index is 12.5. The van der Waals surface area contributed by atoms with Crippen molar-refractivity contribution in [2.45, 2.75) is 13.8 Å². The summed E-state index contributed by atoms with van der Waals surface area (Å²) in [4.78, 5) is 17.1. The van der Waals surface area contributed by atoms with Crippen LogP contribution in [0.15, 0.2) is 59.0 Å². The van der Waals surface area contributed by atoms with E-state index in [2.05, 4.69) is 15.6 Å². The Hall–Kier alpha value is -3.91. The van der Waals surface area contributed by atoms with Crippen molar-refractivity contribution in [3.8, 4) is 23.0 Å². The van der Waals surface area contributed by atoms with Crippen LogP contribution in [0.2, 0.25) is 0 Å². The van der Waals surface area contributed by atoms with Crippen molar-refractivity contribution in [1.29, 1.82) is 0 Å². The first-order chi connectivity index (χ1) is 15.9. The van der Waals surface area contributed by atoms with Gasteiger partial charge in [0.15, 0.2) is 22.2 Å². The summed E-state index contributed by atoms with van der Waals surface area (Å²) in [5.41, 5.74) is 5.43. The van der Waals surface area contributed by atoms with Gasteiger partial charge in [-0.25, -0.2) is 4.98 Å². The number of ether oxygens (including phenoxy) is 2. The number of hydrogen-bond donors (Lipinski definition) is 2. The van der Waals surface area contributed by atoms with Crippen LogP contribution >= 0.6 is 12.2 Å². The van der Waals surface area contributed by atoms with E-state index >= 15 is 0 Å². The SMILES string of the molecule is COc1ccc(-c2nc3cc(NC(=S)NC(=O)c4ccc(C)c(C)c4)ccc3o2)cc1OC. The lowest BCUT2D eigenvalue weighted by Gasteiger charge is -2.10. The number of oxazole rings is 1. The molecule has 0 saturated carbocycles. The summed E-state index contributed by atoms with van der Waals surface area (Å²) < 4.78 is 16.5. The highest BCUT2D eigenvalue weighted by atomic mass is 32.1. The average molecular weight is 462 g/mol.